The molecule has 26 heavy (non-hydrogen) atoms. The normalized spacial score (nSPS) is 10.8. The Labute approximate surface area is 148 Å². The number of rotatable bonds is 5. The minimum atomic E-state index is -0.758. The summed E-state index contributed by atoms with van der Waals surface area (Å²) in [6, 6.07) is 2.40. The van der Waals surface area contributed by atoms with E-state index in [1.807, 2.05) is 0 Å². The first-order valence-electron chi connectivity index (χ1n) is 7.78. The maximum absolute atomic E-state index is 14.4. The molecular weight excluding hydrogens is 342 g/mol. The maximum atomic E-state index is 14.4. The van der Waals surface area contributed by atoms with Gasteiger partial charge in [-0.05, 0) is 19.1 Å². The van der Waals surface area contributed by atoms with Crippen LogP contribution in [-0.4, -0.2) is 26.9 Å². The van der Waals surface area contributed by atoms with E-state index in [4.69, 9.17) is 10.5 Å². The highest BCUT2D eigenvalue weighted by atomic mass is 19.1. The van der Waals surface area contributed by atoms with Gasteiger partial charge in [0.1, 0.15) is 11.6 Å². The number of nitrogen functional groups attached to an aromatic ring is 1. The van der Waals surface area contributed by atoms with Crippen molar-refractivity contribution in [1.29, 1.82) is 0 Å². The zero-order valence-electron chi connectivity index (χ0n) is 14.5. The Balaban J connectivity index is 1.98. The molecule has 3 rings (SSSR count). The summed E-state index contributed by atoms with van der Waals surface area (Å²) in [7, 11) is 3.10. The first-order valence-corrected chi connectivity index (χ1v) is 7.78. The Bertz CT molecular complexity index is 957. The van der Waals surface area contributed by atoms with Crippen LogP contribution in [0.25, 0.3) is 0 Å². The molecule has 0 spiro atoms. The van der Waals surface area contributed by atoms with Crippen LogP contribution in [0.1, 0.15) is 16.8 Å². The third-order valence-corrected chi connectivity index (χ3v) is 3.96. The summed E-state index contributed by atoms with van der Waals surface area (Å²) in [4.78, 5) is 8.52. The summed E-state index contributed by atoms with van der Waals surface area (Å²) in [5, 5.41) is 7.01. The molecule has 3 aromatic rings. The van der Waals surface area contributed by atoms with Crippen molar-refractivity contribution in [3.63, 3.8) is 0 Å². The minimum absolute atomic E-state index is 0.0326. The highest BCUT2D eigenvalue weighted by Gasteiger charge is 2.18. The van der Waals surface area contributed by atoms with E-state index in [1.54, 1.807) is 31.0 Å². The summed E-state index contributed by atoms with van der Waals surface area (Å²) in [5.41, 5.74) is 7.44. The van der Waals surface area contributed by atoms with Crippen LogP contribution < -0.4 is 15.8 Å². The molecule has 0 unspecified atom stereocenters. The van der Waals surface area contributed by atoms with Gasteiger partial charge in [0.25, 0.3) is 0 Å². The first kappa shape index (κ1) is 17.6. The molecule has 9 heteroatoms. The Hall–Kier alpha value is -3.23. The third-order valence-electron chi connectivity index (χ3n) is 3.96. The van der Waals surface area contributed by atoms with Crippen molar-refractivity contribution < 1.29 is 13.5 Å². The second-order valence-corrected chi connectivity index (χ2v) is 5.75. The summed E-state index contributed by atoms with van der Waals surface area (Å²) in [6.07, 6.45) is 3.25. The summed E-state index contributed by atoms with van der Waals surface area (Å²) in [5.74, 6) is -1.02. The largest absolute Gasteiger partial charge is 0.494 e. The molecule has 0 bridgehead atoms. The summed E-state index contributed by atoms with van der Waals surface area (Å²) >= 11 is 0. The quantitative estimate of drug-likeness (QED) is 0.727. The van der Waals surface area contributed by atoms with Crippen LogP contribution in [0.5, 0.6) is 5.75 Å². The maximum Gasteiger partial charge on any atom is 0.229 e. The van der Waals surface area contributed by atoms with Gasteiger partial charge >= 0.3 is 0 Å². The molecule has 0 fully saturated rings. The molecule has 3 N–H and O–H groups in total. The van der Waals surface area contributed by atoms with E-state index in [1.165, 1.54) is 13.2 Å². The van der Waals surface area contributed by atoms with Crippen molar-refractivity contribution in [3.05, 3.63) is 53.0 Å². The Morgan fingerprint density at radius 1 is 1.27 bits per heavy atom. The number of nitrogens with one attached hydrogen (secondary N) is 1. The fourth-order valence-corrected chi connectivity index (χ4v) is 2.49. The lowest BCUT2D eigenvalue weighted by Crippen LogP contribution is -2.09. The molecule has 136 valence electrons. The van der Waals surface area contributed by atoms with Crippen molar-refractivity contribution in [2.24, 2.45) is 7.05 Å². The Kier molecular flexibility index (Phi) is 4.70. The molecule has 1 aromatic carbocycles. The van der Waals surface area contributed by atoms with Crippen LogP contribution >= 0.6 is 0 Å². The number of nitrogens with zero attached hydrogens (tertiary/aromatic N) is 4. The molecule has 0 aliphatic carbocycles. The van der Waals surface area contributed by atoms with Gasteiger partial charge in [-0.25, -0.2) is 13.8 Å². The average molecular weight is 360 g/mol. The topological polar surface area (TPSA) is 90.9 Å². The van der Waals surface area contributed by atoms with E-state index in [9.17, 15) is 8.78 Å². The van der Waals surface area contributed by atoms with Gasteiger partial charge in [0, 0.05) is 30.8 Å². The van der Waals surface area contributed by atoms with Gasteiger partial charge in [0.05, 0.1) is 24.7 Å². The van der Waals surface area contributed by atoms with E-state index < -0.39 is 11.6 Å². The molecule has 0 atom stereocenters. The minimum Gasteiger partial charge on any atom is -0.494 e. The number of aromatic nitrogens is 4. The van der Waals surface area contributed by atoms with Gasteiger partial charge in [-0.1, -0.05) is 0 Å². The van der Waals surface area contributed by atoms with Crippen LogP contribution in [0, 0.1) is 18.6 Å². The van der Waals surface area contributed by atoms with E-state index in [2.05, 4.69) is 20.4 Å². The lowest BCUT2D eigenvalue weighted by atomic mass is 10.0. The molecule has 0 saturated heterocycles. The monoisotopic (exact) mass is 360 g/mol. The van der Waals surface area contributed by atoms with E-state index in [0.717, 1.165) is 6.07 Å². The molecule has 0 amide bonds. The highest BCUT2D eigenvalue weighted by Crippen LogP contribution is 2.27. The number of halogens is 2. The predicted octanol–water partition coefficient (Wildman–Crippen LogP) is 2.72. The number of anilines is 3. The molecular formula is C17H18F2N6O. The lowest BCUT2D eigenvalue weighted by molar-refractivity contribution is 0.381. The van der Waals surface area contributed by atoms with Crippen LogP contribution in [0.4, 0.5) is 26.2 Å². The lowest BCUT2D eigenvalue weighted by Gasteiger charge is -2.13. The molecule has 0 saturated carbocycles. The summed E-state index contributed by atoms with van der Waals surface area (Å²) in [6.45, 7) is 1.70. The number of methoxy groups -OCH3 is 1. The Morgan fingerprint density at radius 2 is 2.04 bits per heavy atom. The first-order chi connectivity index (χ1) is 12.4. The number of benzene rings is 1. The Morgan fingerprint density at radius 3 is 2.69 bits per heavy atom. The summed E-state index contributed by atoms with van der Waals surface area (Å²) < 4.78 is 35.1. The van der Waals surface area contributed by atoms with Gasteiger partial charge in [-0.2, -0.15) is 10.1 Å². The second-order valence-electron chi connectivity index (χ2n) is 5.75. The molecule has 2 aromatic heterocycles. The molecule has 7 nitrogen and oxygen atoms in total. The van der Waals surface area contributed by atoms with Crippen molar-refractivity contribution >= 4 is 17.5 Å². The number of hydrogen-bond donors (Lipinski definition) is 2. The zero-order valence-corrected chi connectivity index (χ0v) is 14.5. The number of nitrogens with two attached hydrogens (primary N) is 1. The molecule has 0 aliphatic heterocycles. The van der Waals surface area contributed by atoms with Crippen molar-refractivity contribution in [3.8, 4) is 5.75 Å². The predicted molar refractivity (Wildman–Crippen MR) is 93.4 cm³/mol. The van der Waals surface area contributed by atoms with Gasteiger partial charge in [0.2, 0.25) is 5.95 Å². The van der Waals surface area contributed by atoms with Crippen molar-refractivity contribution in [1.82, 2.24) is 19.7 Å². The van der Waals surface area contributed by atoms with Crippen LogP contribution in [-0.2, 0) is 13.5 Å². The number of hydrogen-bond acceptors (Lipinski definition) is 6. The van der Waals surface area contributed by atoms with Crippen LogP contribution in [0.3, 0.4) is 0 Å². The third kappa shape index (κ3) is 3.41. The van der Waals surface area contributed by atoms with Crippen molar-refractivity contribution in [2.75, 3.05) is 18.2 Å². The van der Waals surface area contributed by atoms with E-state index >= 15 is 0 Å². The van der Waals surface area contributed by atoms with Crippen molar-refractivity contribution in [2.45, 2.75) is 13.3 Å². The fraction of sp³-hybridized carbons (Fsp3) is 0.235. The number of aryl methyl sites for hydroxylation is 1. The molecule has 0 aliphatic rings. The smallest absolute Gasteiger partial charge is 0.229 e. The van der Waals surface area contributed by atoms with Crippen LogP contribution in [0.15, 0.2) is 24.5 Å². The standard InChI is InChI=1S/C17H18F2N6O/c1-9-13(6-11-12(18)4-5-14(26-3)15(11)19)23-17(24-16(9)20)22-10-7-21-25(2)8-10/h4-5,7-8H,6H2,1-3H3,(H3,20,22,23,24). The van der Waals surface area contributed by atoms with Gasteiger partial charge in [-0.3, -0.25) is 4.68 Å². The fourth-order valence-electron chi connectivity index (χ4n) is 2.49. The van der Waals surface area contributed by atoms with E-state index in [0.29, 0.717) is 16.9 Å². The van der Waals surface area contributed by atoms with E-state index in [-0.39, 0.29) is 29.5 Å². The van der Waals surface area contributed by atoms with Gasteiger partial charge < -0.3 is 15.8 Å². The molecule has 0 radical (unpaired) electrons. The SMILES string of the molecule is COc1ccc(F)c(Cc2nc(Nc3cnn(C)c3)nc(N)c2C)c1F. The second kappa shape index (κ2) is 6.95. The van der Waals surface area contributed by atoms with Gasteiger partial charge in [-0.15, -0.1) is 0 Å². The molecule has 2 heterocycles. The highest BCUT2D eigenvalue weighted by molar-refractivity contribution is 5.55. The zero-order chi connectivity index (χ0) is 18.8. The average Bonchev–Trinajstić information content (AvgIpc) is 3.00. The number of ether oxygens (including phenoxy) is 1. The van der Waals surface area contributed by atoms with Gasteiger partial charge in [0.15, 0.2) is 11.6 Å². The van der Waals surface area contributed by atoms with Crippen LogP contribution in [0.2, 0.25) is 0 Å².